The average Bonchev–Trinajstić information content (AvgIpc) is 2.60. The maximum Gasteiger partial charge on any atom is 0.261 e. The Hall–Kier alpha value is -2.93. The third kappa shape index (κ3) is 7.19. The van der Waals surface area contributed by atoms with E-state index in [0.717, 1.165) is 0 Å². The smallest absolute Gasteiger partial charge is 0.261 e. The summed E-state index contributed by atoms with van der Waals surface area (Å²) in [5.74, 6) is -0.0695. The number of amides is 2. The van der Waals surface area contributed by atoms with Gasteiger partial charge in [-0.2, -0.15) is 0 Å². The number of carbonyl (C=O) groups excluding carboxylic acids is 2. The van der Waals surface area contributed by atoms with Gasteiger partial charge in [-0.3, -0.25) is 14.9 Å². The van der Waals surface area contributed by atoms with Crippen molar-refractivity contribution in [1.29, 1.82) is 0 Å². The molecule has 0 spiro atoms. The van der Waals surface area contributed by atoms with Crippen molar-refractivity contribution in [2.75, 3.05) is 5.32 Å². The fourth-order valence-corrected chi connectivity index (χ4v) is 2.71. The van der Waals surface area contributed by atoms with Crippen LogP contribution in [0.5, 0.6) is 5.75 Å². The summed E-state index contributed by atoms with van der Waals surface area (Å²) >= 11 is 5.26. The predicted octanol–water partition coefficient (Wildman–Crippen LogP) is 4.13. The first-order chi connectivity index (χ1) is 13.5. The highest BCUT2D eigenvalue weighted by Gasteiger charge is 2.17. The number of hydrogen-bond acceptors (Lipinski definition) is 4. The molecule has 0 unspecified atom stereocenters. The third-order valence-electron chi connectivity index (χ3n) is 3.59. The van der Waals surface area contributed by atoms with Gasteiger partial charge in [0, 0.05) is 16.8 Å². The minimum absolute atomic E-state index is 0.0592. The van der Waals surface area contributed by atoms with Gasteiger partial charge >= 0.3 is 0 Å². The minimum atomic E-state index is -0.375. The highest BCUT2D eigenvalue weighted by atomic mass is 32.1. The fourth-order valence-electron chi connectivity index (χ4n) is 2.49. The van der Waals surface area contributed by atoms with Gasteiger partial charge in [-0.05, 0) is 77.2 Å². The second-order valence-corrected chi connectivity index (χ2v) is 8.26. The van der Waals surface area contributed by atoms with Crippen molar-refractivity contribution in [2.24, 2.45) is 0 Å². The Morgan fingerprint density at radius 1 is 1.00 bits per heavy atom. The number of para-hydroxylation sites is 1. The molecule has 0 bridgehead atoms. The van der Waals surface area contributed by atoms with E-state index < -0.39 is 0 Å². The van der Waals surface area contributed by atoms with E-state index >= 15 is 0 Å². The Balaban J connectivity index is 2.06. The molecule has 2 amide bonds. The maximum atomic E-state index is 12.6. The van der Waals surface area contributed by atoms with Crippen LogP contribution in [0.4, 0.5) is 5.69 Å². The topological polar surface area (TPSA) is 79.5 Å². The molecule has 154 valence electrons. The van der Waals surface area contributed by atoms with E-state index in [1.807, 2.05) is 34.6 Å². The van der Waals surface area contributed by atoms with E-state index in [1.165, 1.54) is 0 Å². The van der Waals surface area contributed by atoms with Crippen molar-refractivity contribution in [2.45, 2.75) is 46.3 Å². The van der Waals surface area contributed by atoms with E-state index in [1.54, 1.807) is 48.5 Å². The largest absolute Gasteiger partial charge is 0.490 e. The molecule has 2 aromatic carbocycles. The van der Waals surface area contributed by atoms with Crippen LogP contribution in [0.2, 0.25) is 0 Å². The summed E-state index contributed by atoms with van der Waals surface area (Å²) in [6, 6.07) is 13.9. The average molecular weight is 414 g/mol. The third-order valence-corrected chi connectivity index (χ3v) is 3.80. The lowest BCUT2D eigenvalue weighted by Gasteiger charge is -2.20. The van der Waals surface area contributed by atoms with Gasteiger partial charge in [0.1, 0.15) is 5.75 Å². The molecule has 7 heteroatoms. The number of hydrogen-bond donors (Lipinski definition) is 3. The van der Waals surface area contributed by atoms with E-state index in [4.69, 9.17) is 17.0 Å². The molecular weight excluding hydrogens is 386 g/mol. The summed E-state index contributed by atoms with van der Waals surface area (Å²) in [6.07, 6.45) is -0.0592. The van der Waals surface area contributed by atoms with Gasteiger partial charge in [0.15, 0.2) is 5.11 Å². The van der Waals surface area contributed by atoms with Crippen LogP contribution < -0.4 is 20.7 Å². The lowest BCUT2D eigenvalue weighted by molar-refractivity contribution is 0.0918. The molecular formula is C22H27N3O3S. The summed E-state index contributed by atoms with van der Waals surface area (Å²) in [4.78, 5) is 24.9. The number of thiocarbonyl (C=S) groups is 1. The quantitative estimate of drug-likeness (QED) is 0.643. The Morgan fingerprint density at radius 3 is 2.34 bits per heavy atom. The number of rotatable bonds is 5. The summed E-state index contributed by atoms with van der Waals surface area (Å²) in [6.45, 7) is 9.53. The minimum Gasteiger partial charge on any atom is -0.490 e. The molecule has 0 atom stereocenters. The summed E-state index contributed by atoms with van der Waals surface area (Å²) < 4.78 is 5.68. The molecule has 3 N–H and O–H groups in total. The Morgan fingerprint density at radius 2 is 1.69 bits per heavy atom. The van der Waals surface area contributed by atoms with Crippen molar-refractivity contribution >= 4 is 34.8 Å². The lowest BCUT2D eigenvalue weighted by Crippen LogP contribution is -2.40. The van der Waals surface area contributed by atoms with Gasteiger partial charge < -0.3 is 15.4 Å². The lowest BCUT2D eigenvalue weighted by atomic mass is 10.1. The number of benzene rings is 2. The fraction of sp³-hybridized carbons (Fsp3) is 0.318. The second kappa shape index (κ2) is 9.52. The molecule has 0 radical (unpaired) electrons. The first-order valence-electron chi connectivity index (χ1n) is 9.36. The Bertz CT molecular complexity index is 904. The van der Waals surface area contributed by atoms with E-state index in [2.05, 4.69) is 16.0 Å². The molecule has 0 saturated heterocycles. The Labute approximate surface area is 177 Å². The van der Waals surface area contributed by atoms with E-state index in [-0.39, 0.29) is 28.6 Å². The molecule has 29 heavy (non-hydrogen) atoms. The zero-order valence-electron chi connectivity index (χ0n) is 17.3. The monoisotopic (exact) mass is 413 g/mol. The van der Waals surface area contributed by atoms with Gasteiger partial charge in [-0.1, -0.05) is 18.2 Å². The number of nitrogens with one attached hydrogen (secondary N) is 3. The van der Waals surface area contributed by atoms with E-state index in [9.17, 15) is 9.59 Å². The van der Waals surface area contributed by atoms with Crippen molar-refractivity contribution < 1.29 is 14.3 Å². The summed E-state index contributed by atoms with van der Waals surface area (Å²) in [7, 11) is 0. The zero-order chi connectivity index (χ0) is 21.6. The predicted molar refractivity (Wildman–Crippen MR) is 120 cm³/mol. The molecule has 0 aliphatic heterocycles. The van der Waals surface area contributed by atoms with Crippen LogP contribution in [0.3, 0.4) is 0 Å². The molecule has 0 aromatic heterocycles. The van der Waals surface area contributed by atoms with Crippen molar-refractivity contribution in [1.82, 2.24) is 10.6 Å². The molecule has 0 saturated carbocycles. The van der Waals surface area contributed by atoms with Crippen LogP contribution in [-0.2, 0) is 0 Å². The molecule has 6 nitrogen and oxygen atoms in total. The molecule has 2 rings (SSSR count). The van der Waals surface area contributed by atoms with Gasteiger partial charge in [-0.15, -0.1) is 0 Å². The van der Waals surface area contributed by atoms with Crippen LogP contribution in [0.15, 0.2) is 48.5 Å². The highest BCUT2D eigenvalue weighted by Crippen LogP contribution is 2.19. The number of carbonyl (C=O) groups is 2. The zero-order valence-corrected chi connectivity index (χ0v) is 18.1. The molecule has 0 heterocycles. The van der Waals surface area contributed by atoms with Crippen LogP contribution in [0.1, 0.15) is 55.3 Å². The standard InChI is InChI=1S/C22H27N3O3S/c1-14(2)28-18-12-7-6-11-17(18)20(27)24-21(29)23-16-10-8-9-15(13-16)19(26)25-22(3,4)5/h6-14H,1-5H3,(H,25,26)(H2,23,24,27,29). The number of ether oxygens (including phenoxy) is 1. The first kappa shape index (κ1) is 22.4. The Kier molecular flexibility index (Phi) is 7.34. The van der Waals surface area contributed by atoms with Crippen molar-refractivity contribution in [3.05, 3.63) is 59.7 Å². The summed E-state index contributed by atoms with van der Waals surface area (Å²) in [5, 5.41) is 8.62. The van der Waals surface area contributed by atoms with Crippen molar-refractivity contribution in [3.8, 4) is 5.75 Å². The van der Waals surface area contributed by atoms with Crippen LogP contribution >= 0.6 is 12.2 Å². The van der Waals surface area contributed by atoms with Gasteiger partial charge in [0.25, 0.3) is 11.8 Å². The van der Waals surface area contributed by atoms with E-state index in [0.29, 0.717) is 22.6 Å². The number of anilines is 1. The molecule has 0 fully saturated rings. The van der Waals surface area contributed by atoms with Crippen LogP contribution in [0.25, 0.3) is 0 Å². The molecule has 0 aliphatic carbocycles. The second-order valence-electron chi connectivity index (χ2n) is 7.86. The SMILES string of the molecule is CC(C)Oc1ccccc1C(=O)NC(=S)Nc1cccc(C(=O)NC(C)(C)C)c1. The highest BCUT2D eigenvalue weighted by molar-refractivity contribution is 7.80. The van der Waals surface area contributed by atoms with Crippen LogP contribution in [0, 0.1) is 0 Å². The van der Waals surface area contributed by atoms with Gasteiger partial charge in [-0.25, -0.2) is 0 Å². The van der Waals surface area contributed by atoms with Crippen LogP contribution in [-0.4, -0.2) is 28.6 Å². The molecule has 2 aromatic rings. The first-order valence-corrected chi connectivity index (χ1v) is 9.76. The van der Waals surface area contributed by atoms with Gasteiger partial charge in [0.05, 0.1) is 11.7 Å². The van der Waals surface area contributed by atoms with Crippen molar-refractivity contribution in [3.63, 3.8) is 0 Å². The maximum absolute atomic E-state index is 12.6. The molecule has 0 aliphatic rings. The van der Waals surface area contributed by atoms with Gasteiger partial charge in [0.2, 0.25) is 0 Å². The normalized spacial score (nSPS) is 11.0. The summed E-state index contributed by atoms with van der Waals surface area (Å²) in [5.41, 5.74) is 1.15.